The van der Waals surface area contributed by atoms with E-state index in [0.717, 1.165) is 80.7 Å². The number of aromatic hydroxyl groups is 2. The predicted octanol–water partition coefficient (Wildman–Crippen LogP) is 6.30. The number of benzene rings is 4. The first-order valence-corrected chi connectivity index (χ1v) is 18.9. The van der Waals surface area contributed by atoms with E-state index in [1.807, 2.05) is 36.4 Å². The molecule has 3 N–H and O–H groups in total. The highest BCUT2D eigenvalue weighted by molar-refractivity contribution is 5.32. The number of quaternary nitrogens is 1. The molecule has 0 saturated heterocycles. The molecule has 6 heteroatoms. The lowest BCUT2D eigenvalue weighted by Gasteiger charge is -2.39. The quantitative estimate of drug-likeness (QED) is 0.0551. The number of phenolic OH excluding ortho intramolecular Hbond substituents is 2. The van der Waals surface area contributed by atoms with Gasteiger partial charge in [-0.2, -0.15) is 0 Å². The van der Waals surface area contributed by atoms with Crippen molar-refractivity contribution in [3.05, 3.63) is 131 Å². The van der Waals surface area contributed by atoms with Gasteiger partial charge in [-0.3, -0.25) is 4.90 Å². The van der Waals surface area contributed by atoms with Crippen molar-refractivity contribution in [1.29, 1.82) is 0 Å². The van der Waals surface area contributed by atoms with Crippen molar-refractivity contribution in [2.75, 3.05) is 39.3 Å². The highest BCUT2D eigenvalue weighted by Crippen LogP contribution is 2.23. The second-order valence-corrected chi connectivity index (χ2v) is 13.9. The van der Waals surface area contributed by atoms with Crippen molar-refractivity contribution in [2.24, 2.45) is 0 Å². The average molecular weight is 746 g/mol. The Hall–Kier alpha value is -3.16. The van der Waals surface area contributed by atoms with Gasteiger partial charge >= 0.3 is 0 Å². The van der Waals surface area contributed by atoms with Crippen LogP contribution in [0.4, 0.5) is 0 Å². The molecule has 4 rings (SSSR count). The van der Waals surface area contributed by atoms with Crippen molar-refractivity contribution < 1.29 is 36.8 Å². The van der Waals surface area contributed by atoms with Gasteiger partial charge in [0.2, 0.25) is 0 Å². The van der Waals surface area contributed by atoms with Crippen LogP contribution >= 0.6 is 0 Å². The maximum absolute atomic E-state index is 10.4. The number of unbranched alkanes of at least 4 members (excludes halogenated alkanes) is 9. The molecule has 0 aliphatic carbocycles. The molecule has 4 aromatic rings. The van der Waals surface area contributed by atoms with Gasteiger partial charge in [-0.15, -0.1) is 0 Å². The van der Waals surface area contributed by atoms with Crippen LogP contribution in [0.25, 0.3) is 0 Å². The monoisotopic (exact) mass is 744 g/mol. The normalized spacial score (nSPS) is 12.4. The largest absolute Gasteiger partial charge is 1.00 e. The summed E-state index contributed by atoms with van der Waals surface area (Å²) in [7, 11) is 0. The second-order valence-electron chi connectivity index (χ2n) is 13.9. The van der Waals surface area contributed by atoms with Crippen LogP contribution in [0, 0.1) is 0 Å². The van der Waals surface area contributed by atoms with Gasteiger partial charge in [0, 0.05) is 25.1 Å². The molecule has 0 aliphatic rings. The summed E-state index contributed by atoms with van der Waals surface area (Å²) in [6, 6.07) is 36.8. The third kappa shape index (κ3) is 15.4. The Morgan fingerprint density at radius 1 is 0.460 bits per heavy atom. The molecule has 0 saturated carbocycles. The summed E-state index contributed by atoms with van der Waals surface area (Å²) in [6.45, 7) is 6.79. The molecule has 1 atom stereocenters. The van der Waals surface area contributed by atoms with E-state index in [9.17, 15) is 15.3 Å². The highest BCUT2D eigenvalue weighted by Gasteiger charge is 2.27. The van der Waals surface area contributed by atoms with E-state index < -0.39 is 0 Å². The van der Waals surface area contributed by atoms with E-state index in [1.54, 1.807) is 12.1 Å². The molecule has 0 heterocycles. The number of aliphatic hydroxyl groups excluding tert-OH is 1. The van der Waals surface area contributed by atoms with Crippen molar-refractivity contribution >= 4 is 0 Å². The molecule has 0 fully saturated rings. The van der Waals surface area contributed by atoms with Crippen LogP contribution in [0.2, 0.25) is 0 Å². The lowest BCUT2D eigenvalue weighted by atomic mass is 10.0. The van der Waals surface area contributed by atoms with Gasteiger partial charge in [0.25, 0.3) is 0 Å². The molecule has 0 aromatic heterocycles. The zero-order valence-corrected chi connectivity index (χ0v) is 31.7. The summed E-state index contributed by atoms with van der Waals surface area (Å²) in [5.74, 6) is 0.773. The summed E-state index contributed by atoms with van der Waals surface area (Å²) in [5.41, 5.74) is 4.68. The van der Waals surface area contributed by atoms with Gasteiger partial charge in [0.15, 0.2) is 0 Å². The van der Waals surface area contributed by atoms with Crippen LogP contribution in [-0.4, -0.2) is 64.0 Å². The number of aliphatic hydroxyl groups is 1. The lowest BCUT2D eigenvalue weighted by molar-refractivity contribution is -0.941. The van der Waals surface area contributed by atoms with Crippen LogP contribution in [0.15, 0.2) is 109 Å². The van der Waals surface area contributed by atoms with Gasteiger partial charge in [-0.05, 0) is 61.1 Å². The molecule has 1 unspecified atom stereocenters. The smallest absolute Gasteiger partial charge is 0.118 e. The summed E-state index contributed by atoms with van der Waals surface area (Å²) < 4.78 is 0.854. The van der Waals surface area contributed by atoms with E-state index in [2.05, 4.69) is 65.6 Å². The van der Waals surface area contributed by atoms with Crippen molar-refractivity contribution in [3.8, 4) is 11.5 Å². The molecule has 0 bridgehead atoms. The molecule has 0 aliphatic heterocycles. The van der Waals surface area contributed by atoms with E-state index in [-0.39, 0.29) is 23.6 Å². The second kappa shape index (κ2) is 24.1. The lowest BCUT2D eigenvalue weighted by Crippen LogP contribution is -3.00. The standard InChI is InChI=1S/C44H60N2O3.BrH/c47-36-35-46(38-40-23-13-10-14-24-40,34-30-42-26-16-18-28-44(42)49)33-20-8-6-4-2-1-3-5-7-19-31-45(37-39-21-11-9-12-22-39)32-29-41-25-15-17-27-43(41)48;/h9-18,21-28,47H,1-8,19-20,29-38H2,(H-,48,49);1H. The predicted molar refractivity (Wildman–Crippen MR) is 204 cm³/mol. The summed E-state index contributed by atoms with van der Waals surface area (Å²) in [6.07, 6.45) is 14.4. The third-order valence-corrected chi connectivity index (χ3v) is 10.1. The topological polar surface area (TPSA) is 63.9 Å². The fourth-order valence-electron chi connectivity index (χ4n) is 7.14. The molecule has 272 valence electrons. The first-order valence-electron chi connectivity index (χ1n) is 18.9. The number of para-hydroxylation sites is 2. The maximum atomic E-state index is 10.4. The van der Waals surface area contributed by atoms with E-state index in [0.29, 0.717) is 11.5 Å². The van der Waals surface area contributed by atoms with Crippen molar-refractivity contribution in [2.45, 2.75) is 90.1 Å². The first kappa shape index (κ1) is 41.3. The molecule has 4 aromatic carbocycles. The fraction of sp³-hybridized carbons (Fsp3) is 0.455. The SMILES string of the molecule is OCC[N+](CCCCCCCCCCCCN(CCc1ccccc1O)Cc1ccccc1)(CCc1ccccc1O)Cc1ccccc1.[Br-]. The van der Waals surface area contributed by atoms with Crippen LogP contribution in [0.3, 0.4) is 0 Å². The van der Waals surface area contributed by atoms with Gasteiger partial charge in [0.1, 0.15) is 24.6 Å². The molecular weight excluding hydrogens is 684 g/mol. The minimum Gasteiger partial charge on any atom is -1.00 e. The molecule has 0 spiro atoms. The van der Waals surface area contributed by atoms with Crippen LogP contribution in [0.1, 0.15) is 86.5 Å². The zero-order valence-electron chi connectivity index (χ0n) is 30.1. The molecule has 0 radical (unpaired) electrons. The van der Waals surface area contributed by atoms with Gasteiger partial charge in [0.05, 0.1) is 19.7 Å². The van der Waals surface area contributed by atoms with Crippen LogP contribution in [-0.2, 0) is 25.9 Å². The summed E-state index contributed by atoms with van der Waals surface area (Å²) in [4.78, 5) is 2.54. The number of hydrogen-bond donors (Lipinski definition) is 3. The summed E-state index contributed by atoms with van der Waals surface area (Å²) >= 11 is 0. The van der Waals surface area contributed by atoms with Crippen molar-refractivity contribution in [1.82, 2.24) is 4.90 Å². The fourth-order valence-corrected chi connectivity index (χ4v) is 7.14. The number of phenols is 2. The van der Waals surface area contributed by atoms with Crippen LogP contribution in [0.5, 0.6) is 11.5 Å². The van der Waals surface area contributed by atoms with E-state index >= 15 is 0 Å². The highest BCUT2D eigenvalue weighted by atomic mass is 79.9. The molecular formula is C44H61BrN2O3. The molecule has 5 nitrogen and oxygen atoms in total. The number of halogens is 1. The minimum absolute atomic E-state index is 0. The maximum Gasteiger partial charge on any atom is 0.118 e. The van der Waals surface area contributed by atoms with Gasteiger partial charge in [-0.25, -0.2) is 0 Å². The Kier molecular flexibility index (Phi) is 19.9. The Bertz CT molecular complexity index is 1440. The Morgan fingerprint density at radius 3 is 1.50 bits per heavy atom. The number of rotatable bonds is 25. The van der Waals surface area contributed by atoms with Gasteiger partial charge in [-0.1, -0.05) is 142 Å². The zero-order chi connectivity index (χ0) is 34.4. The van der Waals surface area contributed by atoms with Gasteiger partial charge < -0.3 is 36.8 Å². The van der Waals surface area contributed by atoms with Crippen LogP contribution < -0.4 is 17.0 Å². The Morgan fingerprint density at radius 2 is 0.940 bits per heavy atom. The third-order valence-electron chi connectivity index (χ3n) is 10.1. The average Bonchev–Trinajstić information content (AvgIpc) is 3.12. The first-order chi connectivity index (χ1) is 24.1. The van der Waals surface area contributed by atoms with E-state index in [4.69, 9.17) is 0 Å². The number of hydrogen-bond acceptors (Lipinski definition) is 4. The molecule has 50 heavy (non-hydrogen) atoms. The Labute approximate surface area is 313 Å². The Balaban J connectivity index is 0.00000676. The number of nitrogens with zero attached hydrogens (tertiary/aromatic N) is 2. The minimum atomic E-state index is 0. The molecule has 0 amide bonds. The van der Waals surface area contributed by atoms with Crippen molar-refractivity contribution in [3.63, 3.8) is 0 Å². The van der Waals surface area contributed by atoms with E-state index in [1.165, 1.54) is 68.9 Å². The summed E-state index contributed by atoms with van der Waals surface area (Å²) in [5, 5.41) is 30.7.